The summed E-state index contributed by atoms with van der Waals surface area (Å²) in [6.45, 7) is 0.544. The number of halogens is 4. The molecule has 0 saturated heterocycles. The Morgan fingerprint density at radius 3 is 2.39 bits per heavy atom. The summed E-state index contributed by atoms with van der Waals surface area (Å²) in [7, 11) is 2.73. The van der Waals surface area contributed by atoms with Crippen LogP contribution in [0.5, 0.6) is 11.5 Å². The first-order chi connectivity index (χ1) is 10.7. The fourth-order valence-corrected chi connectivity index (χ4v) is 2.33. The van der Waals surface area contributed by atoms with E-state index in [2.05, 4.69) is 0 Å². The molecule has 0 N–H and O–H groups in total. The minimum atomic E-state index is -4.47. The Labute approximate surface area is 138 Å². The molecule has 23 heavy (non-hydrogen) atoms. The minimum absolute atomic E-state index is 0.0147. The molecule has 0 heterocycles. The normalized spacial score (nSPS) is 11.3. The monoisotopic (exact) mass is 353 g/mol. The van der Waals surface area contributed by atoms with Crippen LogP contribution >= 0.6 is 11.6 Å². The lowest BCUT2D eigenvalue weighted by atomic mass is 10.1. The van der Waals surface area contributed by atoms with Gasteiger partial charge in [-0.05, 0) is 18.6 Å². The van der Waals surface area contributed by atoms with Gasteiger partial charge in [0, 0.05) is 12.1 Å². The number of hydrogen-bond acceptors (Lipinski definition) is 3. The number of methoxy groups -OCH3 is 2. The van der Waals surface area contributed by atoms with Crippen molar-refractivity contribution in [3.63, 3.8) is 0 Å². The van der Waals surface area contributed by atoms with E-state index in [0.29, 0.717) is 12.8 Å². The maximum absolute atomic E-state index is 12.7. The van der Waals surface area contributed by atoms with Crippen molar-refractivity contribution in [1.29, 1.82) is 0 Å². The van der Waals surface area contributed by atoms with Crippen LogP contribution in [0.4, 0.5) is 13.2 Å². The van der Waals surface area contributed by atoms with Crippen LogP contribution < -0.4 is 9.47 Å². The molecule has 0 aliphatic carbocycles. The summed E-state index contributed by atoms with van der Waals surface area (Å²) in [5, 5.41) is 0.0950. The van der Waals surface area contributed by atoms with E-state index in [1.54, 1.807) is 0 Å². The Kier molecular flexibility index (Phi) is 7.00. The molecule has 0 aliphatic heterocycles. The molecule has 130 valence electrons. The first-order valence-electron chi connectivity index (χ1n) is 7.01. The molecule has 1 rings (SSSR count). The van der Waals surface area contributed by atoms with Gasteiger partial charge in [-0.3, -0.25) is 4.79 Å². The van der Waals surface area contributed by atoms with Gasteiger partial charge >= 0.3 is 6.18 Å². The van der Waals surface area contributed by atoms with Crippen molar-refractivity contribution >= 4 is 17.5 Å². The molecule has 0 atom stereocenters. The molecule has 0 radical (unpaired) electrons. The van der Waals surface area contributed by atoms with Crippen molar-refractivity contribution in [3.8, 4) is 11.5 Å². The molecule has 1 amide bonds. The molecule has 0 aromatic heterocycles. The van der Waals surface area contributed by atoms with Gasteiger partial charge in [0.25, 0.3) is 5.91 Å². The number of alkyl halides is 3. The lowest BCUT2D eigenvalue weighted by molar-refractivity contribution is -0.140. The highest BCUT2D eigenvalue weighted by atomic mass is 35.5. The van der Waals surface area contributed by atoms with Gasteiger partial charge in [-0.1, -0.05) is 24.9 Å². The van der Waals surface area contributed by atoms with Crippen LogP contribution in [0, 0.1) is 0 Å². The number of unbranched alkanes of at least 4 members (excludes halogenated alkanes) is 1. The number of rotatable bonds is 7. The Balaban J connectivity index is 3.14. The third kappa shape index (κ3) is 5.49. The molecule has 0 unspecified atom stereocenters. The van der Waals surface area contributed by atoms with Crippen LogP contribution in [-0.4, -0.2) is 44.3 Å². The summed E-state index contributed by atoms with van der Waals surface area (Å²) in [5.74, 6) is -0.342. The van der Waals surface area contributed by atoms with Crippen LogP contribution in [-0.2, 0) is 0 Å². The zero-order chi connectivity index (χ0) is 17.6. The maximum Gasteiger partial charge on any atom is 0.406 e. The van der Waals surface area contributed by atoms with E-state index < -0.39 is 18.6 Å². The molecular weight excluding hydrogens is 335 g/mol. The SMILES string of the molecule is CCCCN(CC(F)(F)F)C(=O)c1cc(Cl)c(OC)c(OC)c1. The first-order valence-corrected chi connectivity index (χ1v) is 7.38. The predicted molar refractivity (Wildman–Crippen MR) is 81.4 cm³/mol. The van der Waals surface area contributed by atoms with Gasteiger partial charge in [0.1, 0.15) is 6.54 Å². The van der Waals surface area contributed by atoms with E-state index in [-0.39, 0.29) is 28.6 Å². The molecule has 0 saturated carbocycles. The molecule has 0 aliphatic rings. The minimum Gasteiger partial charge on any atom is -0.493 e. The number of nitrogens with zero attached hydrogens (tertiary/aromatic N) is 1. The summed E-state index contributed by atoms with van der Waals surface area (Å²) >= 11 is 6.00. The van der Waals surface area contributed by atoms with E-state index in [0.717, 1.165) is 4.90 Å². The smallest absolute Gasteiger partial charge is 0.406 e. The predicted octanol–water partition coefficient (Wildman–Crippen LogP) is 4.16. The van der Waals surface area contributed by atoms with Crippen LogP contribution in [0.3, 0.4) is 0 Å². The van der Waals surface area contributed by atoms with Gasteiger partial charge in [0.2, 0.25) is 0 Å². The van der Waals surface area contributed by atoms with Gasteiger partial charge < -0.3 is 14.4 Å². The Morgan fingerprint density at radius 2 is 1.91 bits per heavy atom. The van der Waals surface area contributed by atoms with E-state index in [9.17, 15) is 18.0 Å². The van der Waals surface area contributed by atoms with Crippen LogP contribution in [0.15, 0.2) is 12.1 Å². The van der Waals surface area contributed by atoms with Crippen LogP contribution in [0.2, 0.25) is 5.02 Å². The maximum atomic E-state index is 12.7. The third-order valence-corrected chi connectivity index (χ3v) is 3.40. The fraction of sp³-hybridized carbons (Fsp3) is 0.533. The molecule has 4 nitrogen and oxygen atoms in total. The van der Waals surface area contributed by atoms with Crippen LogP contribution in [0.1, 0.15) is 30.1 Å². The Hall–Kier alpha value is -1.63. The number of benzene rings is 1. The van der Waals surface area contributed by atoms with Gasteiger partial charge in [0.05, 0.1) is 19.2 Å². The zero-order valence-corrected chi connectivity index (χ0v) is 13.9. The second-order valence-electron chi connectivity index (χ2n) is 4.89. The van der Waals surface area contributed by atoms with Crippen molar-refractivity contribution in [2.45, 2.75) is 25.9 Å². The highest BCUT2D eigenvalue weighted by molar-refractivity contribution is 6.32. The molecule has 0 spiro atoms. The molecular formula is C15H19ClF3NO3. The van der Waals surface area contributed by atoms with Crippen molar-refractivity contribution in [2.75, 3.05) is 27.3 Å². The average Bonchev–Trinajstić information content (AvgIpc) is 2.48. The van der Waals surface area contributed by atoms with Gasteiger partial charge in [-0.25, -0.2) is 0 Å². The first kappa shape index (κ1) is 19.4. The quantitative estimate of drug-likeness (QED) is 0.738. The number of carbonyl (C=O) groups is 1. The second-order valence-corrected chi connectivity index (χ2v) is 5.30. The summed E-state index contributed by atoms with van der Waals surface area (Å²) in [4.78, 5) is 13.2. The summed E-state index contributed by atoms with van der Waals surface area (Å²) in [6, 6.07) is 2.60. The van der Waals surface area contributed by atoms with Crippen LogP contribution in [0.25, 0.3) is 0 Å². The lowest BCUT2D eigenvalue weighted by Gasteiger charge is -2.24. The largest absolute Gasteiger partial charge is 0.493 e. The summed E-state index contributed by atoms with van der Waals surface area (Å²) in [6.07, 6.45) is -3.32. The van der Waals surface area contributed by atoms with Crippen molar-refractivity contribution in [3.05, 3.63) is 22.7 Å². The van der Waals surface area contributed by atoms with Crippen molar-refractivity contribution < 1.29 is 27.4 Å². The number of hydrogen-bond donors (Lipinski definition) is 0. The summed E-state index contributed by atoms with van der Waals surface area (Å²) < 4.78 is 48.2. The Bertz CT molecular complexity index is 550. The van der Waals surface area contributed by atoms with E-state index in [1.807, 2.05) is 6.92 Å². The standard InChI is InChI=1S/C15H19ClF3NO3/c1-4-5-6-20(9-15(17,18)19)14(21)10-7-11(16)13(23-3)12(8-10)22-2/h7-8H,4-6,9H2,1-3H3. The molecule has 8 heteroatoms. The summed E-state index contributed by atoms with van der Waals surface area (Å²) in [5.41, 5.74) is 0.0213. The highest BCUT2D eigenvalue weighted by Gasteiger charge is 2.33. The fourth-order valence-electron chi connectivity index (χ4n) is 2.04. The Morgan fingerprint density at radius 1 is 1.26 bits per heavy atom. The van der Waals surface area contributed by atoms with Gasteiger partial charge in [-0.15, -0.1) is 0 Å². The average molecular weight is 354 g/mol. The number of amides is 1. The van der Waals surface area contributed by atoms with Crippen molar-refractivity contribution in [1.82, 2.24) is 4.90 Å². The lowest BCUT2D eigenvalue weighted by Crippen LogP contribution is -2.39. The molecule has 0 bridgehead atoms. The van der Waals surface area contributed by atoms with Gasteiger partial charge in [-0.2, -0.15) is 13.2 Å². The topological polar surface area (TPSA) is 38.8 Å². The second kappa shape index (κ2) is 8.29. The number of carbonyl (C=O) groups excluding carboxylic acids is 1. The number of ether oxygens (including phenoxy) is 2. The van der Waals surface area contributed by atoms with Gasteiger partial charge in [0.15, 0.2) is 11.5 Å². The van der Waals surface area contributed by atoms with E-state index >= 15 is 0 Å². The molecule has 1 aromatic carbocycles. The van der Waals surface area contributed by atoms with E-state index in [4.69, 9.17) is 21.1 Å². The highest BCUT2D eigenvalue weighted by Crippen LogP contribution is 2.36. The van der Waals surface area contributed by atoms with Crippen molar-refractivity contribution in [2.24, 2.45) is 0 Å². The zero-order valence-electron chi connectivity index (χ0n) is 13.2. The molecule has 0 fully saturated rings. The molecule has 1 aromatic rings. The van der Waals surface area contributed by atoms with E-state index in [1.165, 1.54) is 26.4 Å². The third-order valence-electron chi connectivity index (χ3n) is 3.12.